The molecule has 1 unspecified atom stereocenters. The minimum absolute atomic E-state index is 0.0450. The SMILES string of the molecule is COCCNC(=O)NC(=O)CNCCC(C)CCC(=O)O. The molecule has 21 heavy (non-hydrogen) atoms. The Morgan fingerprint density at radius 2 is 1.90 bits per heavy atom. The molecule has 0 radical (unpaired) electrons. The van der Waals surface area contributed by atoms with Gasteiger partial charge in [0.25, 0.3) is 0 Å². The zero-order chi connectivity index (χ0) is 16.1. The molecule has 4 N–H and O–H groups in total. The van der Waals surface area contributed by atoms with Crippen LogP contribution in [0.5, 0.6) is 0 Å². The third-order valence-corrected chi connectivity index (χ3v) is 2.80. The highest BCUT2D eigenvalue weighted by Gasteiger charge is 2.08. The number of urea groups is 1. The average molecular weight is 303 g/mol. The van der Waals surface area contributed by atoms with Crippen LogP contribution in [0.15, 0.2) is 0 Å². The van der Waals surface area contributed by atoms with E-state index in [0.29, 0.717) is 26.1 Å². The van der Waals surface area contributed by atoms with Gasteiger partial charge in [0.05, 0.1) is 13.2 Å². The first-order chi connectivity index (χ1) is 9.95. The van der Waals surface area contributed by atoms with E-state index in [1.54, 1.807) is 0 Å². The lowest BCUT2D eigenvalue weighted by Crippen LogP contribution is -2.44. The molecular formula is C13H25N3O5. The molecule has 0 rings (SSSR count). The molecule has 0 aromatic rings. The number of imide groups is 1. The van der Waals surface area contributed by atoms with Crippen molar-refractivity contribution in [2.75, 3.05) is 33.4 Å². The first kappa shape index (κ1) is 19.3. The van der Waals surface area contributed by atoms with Crippen LogP contribution in [0, 0.1) is 5.92 Å². The molecule has 0 heterocycles. The molecule has 0 saturated heterocycles. The van der Waals surface area contributed by atoms with E-state index in [1.165, 1.54) is 7.11 Å². The number of nitrogens with one attached hydrogen (secondary N) is 3. The molecule has 0 aliphatic heterocycles. The van der Waals surface area contributed by atoms with Crippen molar-refractivity contribution in [3.8, 4) is 0 Å². The number of carboxylic acids is 1. The second kappa shape index (κ2) is 12.1. The van der Waals surface area contributed by atoms with E-state index in [-0.39, 0.29) is 18.9 Å². The molecule has 0 spiro atoms. The van der Waals surface area contributed by atoms with Crippen LogP contribution >= 0.6 is 0 Å². The van der Waals surface area contributed by atoms with Gasteiger partial charge in [0.15, 0.2) is 0 Å². The second-order valence-corrected chi connectivity index (χ2v) is 4.80. The van der Waals surface area contributed by atoms with Gasteiger partial charge in [-0.15, -0.1) is 0 Å². The van der Waals surface area contributed by atoms with E-state index in [2.05, 4.69) is 16.0 Å². The fourth-order valence-corrected chi connectivity index (χ4v) is 1.55. The standard InChI is InChI=1S/C13H25N3O5/c1-10(3-4-12(18)19)5-6-14-9-11(17)16-13(20)15-7-8-21-2/h10,14H,3-9H2,1-2H3,(H,18,19)(H2,15,16,17,20). The molecule has 8 nitrogen and oxygen atoms in total. The van der Waals surface area contributed by atoms with Gasteiger partial charge in [0.2, 0.25) is 5.91 Å². The van der Waals surface area contributed by atoms with Crippen LogP contribution in [0.3, 0.4) is 0 Å². The molecule has 0 saturated carbocycles. The molecule has 3 amide bonds. The van der Waals surface area contributed by atoms with Crippen molar-refractivity contribution >= 4 is 17.9 Å². The van der Waals surface area contributed by atoms with Gasteiger partial charge in [-0.25, -0.2) is 4.79 Å². The molecule has 0 bridgehead atoms. The third-order valence-electron chi connectivity index (χ3n) is 2.80. The quantitative estimate of drug-likeness (QED) is 0.397. The lowest BCUT2D eigenvalue weighted by molar-refractivity contribution is -0.137. The van der Waals surface area contributed by atoms with Gasteiger partial charge in [-0.05, 0) is 25.3 Å². The minimum Gasteiger partial charge on any atom is -0.481 e. The number of rotatable bonds is 11. The van der Waals surface area contributed by atoms with Crippen molar-refractivity contribution < 1.29 is 24.2 Å². The largest absolute Gasteiger partial charge is 0.481 e. The van der Waals surface area contributed by atoms with Gasteiger partial charge in [-0.2, -0.15) is 0 Å². The number of carbonyl (C=O) groups excluding carboxylic acids is 2. The molecule has 8 heteroatoms. The number of hydrogen-bond acceptors (Lipinski definition) is 5. The van der Waals surface area contributed by atoms with Crippen LogP contribution in [-0.2, 0) is 14.3 Å². The number of ether oxygens (including phenoxy) is 1. The van der Waals surface area contributed by atoms with Crippen LogP contribution in [0.1, 0.15) is 26.2 Å². The summed E-state index contributed by atoms with van der Waals surface area (Å²) < 4.78 is 4.76. The molecule has 0 aliphatic rings. The number of hydrogen-bond donors (Lipinski definition) is 4. The van der Waals surface area contributed by atoms with Crippen LogP contribution < -0.4 is 16.0 Å². The number of aliphatic carboxylic acids is 1. The fraction of sp³-hybridized carbons (Fsp3) is 0.769. The Labute approximate surface area is 124 Å². The van der Waals surface area contributed by atoms with Gasteiger partial charge in [0.1, 0.15) is 0 Å². The highest BCUT2D eigenvalue weighted by atomic mass is 16.5. The van der Waals surface area contributed by atoms with E-state index < -0.39 is 17.9 Å². The van der Waals surface area contributed by atoms with Crippen molar-refractivity contribution in [3.05, 3.63) is 0 Å². The maximum atomic E-state index is 11.4. The lowest BCUT2D eigenvalue weighted by atomic mass is 10.0. The summed E-state index contributed by atoms with van der Waals surface area (Å²) in [6, 6.07) is -0.548. The van der Waals surface area contributed by atoms with E-state index in [9.17, 15) is 14.4 Å². The zero-order valence-electron chi connectivity index (χ0n) is 12.6. The first-order valence-corrected chi connectivity index (χ1v) is 6.94. The van der Waals surface area contributed by atoms with Crippen molar-refractivity contribution in [2.24, 2.45) is 5.92 Å². The van der Waals surface area contributed by atoms with Gasteiger partial charge in [-0.3, -0.25) is 14.9 Å². The Morgan fingerprint density at radius 1 is 1.19 bits per heavy atom. The van der Waals surface area contributed by atoms with E-state index in [0.717, 1.165) is 6.42 Å². The van der Waals surface area contributed by atoms with Gasteiger partial charge in [-0.1, -0.05) is 6.92 Å². The van der Waals surface area contributed by atoms with Crippen molar-refractivity contribution in [1.82, 2.24) is 16.0 Å². The summed E-state index contributed by atoms with van der Waals surface area (Å²) in [7, 11) is 1.52. The number of carbonyl (C=O) groups is 3. The smallest absolute Gasteiger partial charge is 0.321 e. The Bertz CT molecular complexity index is 336. The number of carboxylic acid groups (broad SMARTS) is 1. The summed E-state index contributed by atoms with van der Waals surface area (Å²) in [5.74, 6) is -0.939. The normalized spacial score (nSPS) is 11.7. The average Bonchev–Trinajstić information content (AvgIpc) is 2.41. The summed E-state index contributed by atoms with van der Waals surface area (Å²) in [5, 5.41) is 16.1. The Kier molecular flexibility index (Phi) is 11.1. The molecular weight excluding hydrogens is 278 g/mol. The Balaban J connectivity index is 3.56. The van der Waals surface area contributed by atoms with Crippen molar-refractivity contribution in [1.29, 1.82) is 0 Å². The van der Waals surface area contributed by atoms with E-state index >= 15 is 0 Å². The Hall–Kier alpha value is -1.67. The monoisotopic (exact) mass is 303 g/mol. The minimum atomic E-state index is -0.798. The maximum absolute atomic E-state index is 11.4. The van der Waals surface area contributed by atoms with Crippen molar-refractivity contribution in [2.45, 2.75) is 26.2 Å². The van der Waals surface area contributed by atoms with E-state index in [1.807, 2.05) is 6.92 Å². The van der Waals surface area contributed by atoms with E-state index in [4.69, 9.17) is 9.84 Å². The summed E-state index contributed by atoms with van der Waals surface area (Å²) in [4.78, 5) is 33.0. The van der Waals surface area contributed by atoms with Crippen LogP contribution in [0.25, 0.3) is 0 Å². The first-order valence-electron chi connectivity index (χ1n) is 6.94. The molecule has 122 valence electrons. The fourth-order valence-electron chi connectivity index (χ4n) is 1.55. The Morgan fingerprint density at radius 3 is 2.52 bits per heavy atom. The molecule has 1 atom stereocenters. The topological polar surface area (TPSA) is 117 Å². The summed E-state index contributed by atoms with van der Waals surface area (Å²) in [6.07, 6.45) is 1.55. The summed E-state index contributed by atoms with van der Waals surface area (Å²) >= 11 is 0. The van der Waals surface area contributed by atoms with Gasteiger partial charge in [0, 0.05) is 20.1 Å². The lowest BCUT2D eigenvalue weighted by Gasteiger charge is -2.11. The molecule has 0 fully saturated rings. The summed E-state index contributed by atoms with van der Waals surface area (Å²) in [5.41, 5.74) is 0. The third kappa shape index (κ3) is 13.1. The summed E-state index contributed by atoms with van der Waals surface area (Å²) in [6.45, 7) is 3.33. The highest BCUT2D eigenvalue weighted by molar-refractivity contribution is 5.95. The molecule has 0 aromatic heterocycles. The van der Waals surface area contributed by atoms with Crippen LogP contribution in [0.2, 0.25) is 0 Å². The maximum Gasteiger partial charge on any atom is 0.321 e. The second-order valence-electron chi connectivity index (χ2n) is 4.80. The molecule has 0 aromatic carbocycles. The van der Waals surface area contributed by atoms with Gasteiger partial charge < -0.3 is 20.5 Å². The predicted octanol–water partition coefficient (Wildman–Crippen LogP) is -0.0608. The van der Waals surface area contributed by atoms with Crippen LogP contribution in [-0.4, -0.2) is 56.4 Å². The van der Waals surface area contributed by atoms with Crippen LogP contribution in [0.4, 0.5) is 4.79 Å². The van der Waals surface area contributed by atoms with Gasteiger partial charge >= 0.3 is 12.0 Å². The zero-order valence-corrected chi connectivity index (χ0v) is 12.6. The molecule has 0 aliphatic carbocycles. The predicted molar refractivity (Wildman–Crippen MR) is 76.9 cm³/mol. The number of methoxy groups -OCH3 is 1. The van der Waals surface area contributed by atoms with Crippen molar-refractivity contribution in [3.63, 3.8) is 0 Å². The number of amides is 3. The highest BCUT2D eigenvalue weighted by Crippen LogP contribution is 2.08.